The molecule has 0 aliphatic rings. The summed E-state index contributed by atoms with van der Waals surface area (Å²) in [6.07, 6.45) is 1.77. The molecule has 7 heteroatoms. The Bertz CT molecular complexity index is 1440. The highest BCUT2D eigenvalue weighted by Crippen LogP contribution is 2.31. The first kappa shape index (κ1) is 19.7. The molecule has 1 amide bonds. The van der Waals surface area contributed by atoms with Crippen LogP contribution >= 0.6 is 0 Å². The summed E-state index contributed by atoms with van der Waals surface area (Å²) in [6, 6.07) is 21.5. The van der Waals surface area contributed by atoms with E-state index in [1.165, 1.54) is 0 Å². The van der Waals surface area contributed by atoms with Gasteiger partial charge in [-0.15, -0.1) is 10.2 Å². The van der Waals surface area contributed by atoms with E-state index in [0.717, 1.165) is 27.6 Å². The first-order valence-electron chi connectivity index (χ1n) is 10.4. The Labute approximate surface area is 184 Å². The van der Waals surface area contributed by atoms with Gasteiger partial charge in [0.2, 0.25) is 0 Å². The third-order valence-corrected chi connectivity index (χ3v) is 5.37. The van der Waals surface area contributed by atoms with E-state index in [0.29, 0.717) is 23.6 Å². The number of carbonyl (C=O) groups excluding carboxylic acids is 1. The van der Waals surface area contributed by atoms with E-state index in [2.05, 4.69) is 38.8 Å². The number of aryl methyl sites for hydroxylation is 1. The van der Waals surface area contributed by atoms with Gasteiger partial charge in [-0.05, 0) is 54.4 Å². The minimum Gasteiger partial charge on any atom is -0.494 e. The maximum absolute atomic E-state index is 12.9. The summed E-state index contributed by atoms with van der Waals surface area (Å²) in [5, 5.41) is 18.2. The molecule has 0 aliphatic heterocycles. The number of ether oxygens (including phenoxy) is 1. The summed E-state index contributed by atoms with van der Waals surface area (Å²) in [5.41, 5.74) is 3.99. The molecule has 0 spiro atoms. The second-order valence-corrected chi connectivity index (χ2v) is 7.37. The van der Waals surface area contributed by atoms with E-state index < -0.39 is 0 Å². The number of nitrogens with zero attached hydrogens (tertiary/aromatic N) is 4. The van der Waals surface area contributed by atoms with Crippen molar-refractivity contribution in [3.05, 3.63) is 84.3 Å². The Kier molecular flexibility index (Phi) is 4.99. The first-order chi connectivity index (χ1) is 15.7. The molecular formula is C25H21N5O2. The Morgan fingerprint density at radius 3 is 2.56 bits per heavy atom. The second-order valence-electron chi connectivity index (χ2n) is 7.37. The molecule has 0 aliphatic carbocycles. The third kappa shape index (κ3) is 3.43. The Morgan fingerprint density at radius 1 is 0.969 bits per heavy atom. The van der Waals surface area contributed by atoms with Crippen molar-refractivity contribution in [2.45, 2.75) is 13.8 Å². The molecule has 0 bridgehead atoms. The van der Waals surface area contributed by atoms with Gasteiger partial charge in [-0.1, -0.05) is 42.5 Å². The van der Waals surface area contributed by atoms with E-state index in [-0.39, 0.29) is 11.6 Å². The number of hydrogen-bond acceptors (Lipinski definition) is 5. The summed E-state index contributed by atoms with van der Waals surface area (Å²) in [5.74, 6) is 0.406. The van der Waals surface area contributed by atoms with Gasteiger partial charge in [0.05, 0.1) is 18.5 Å². The standard InChI is InChI=1S/C25H21N5O2/c1-3-32-19-13-11-18(12-14-19)27-25(31)23-16(2)30-24(29-28-23)22(15-26-30)21-10-6-8-17-7-4-5-9-20(17)21/h4-15H,3H2,1-2H3,(H,27,31). The average molecular weight is 423 g/mol. The third-order valence-electron chi connectivity index (χ3n) is 5.37. The van der Waals surface area contributed by atoms with Gasteiger partial charge in [0.25, 0.3) is 5.91 Å². The van der Waals surface area contributed by atoms with Gasteiger partial charge in [0.1, 0.15) is 5.75 Å². The van der Waals surface area contributed by atoms with Crippen molar-refractivity contribution >= 4 is 28.0 Å². The Hall–Kier alpha value is -4.26. The summed E-state index contributed by atoms with van der Waals surface area (Å²) >= 11 is 0. The summed E-state index contributed by atoms with van der Waals surface area (Å²) < 4.78 is 7.10. The molecule has 5 rings (SSSR count). The number of amides is 1. The molecule has 0 saturated heterocycles. The number of anilines is 1. The van der Waals surface area contributed by atoms with E-state index in [4.69, 9.17) is 4.74 Å². The smallest absolute Gasteiger partial charge is 0.278 e. The van der Waals surface area contributed by atoms with Crippen LogP contribution in [0.25, 0.3) is 27.5 Å². The van der Waals surface area contributed by atoms with Crippen LogP contribution in [0.5, 0.6) is 5.75 Å². The SMILES string of the molecule is CCOc1ccc(NC(=O)c2nnc3c(-c4cccc5ccccc45)cnn3c2C)cc1. The molecule has 7 nitrogen and oxygen atoms in total. The van der Waals surface area contributed by atoms with Crippen molar-refractivity contribution in [1.29, 1.82) is 0 Å². The zero-order valence-electron chi connectivity index (χ0n) is 17.7. The van der Waals surface area contributed by atoms with Crippen molar-refractivity contribution in [3.63, 3.8) is 0 Å². The highest BCUT2D eigenvalue weighted by Gasteiger charge is 2.19. The second kappa shape index (κ2) is 8.11. The monoisotopic (exact) mass is 423 g/mol. The van der Waals surface area contributed by atoms with Gasteiger partial charge in [0, 0.05) is 11.3 Å². The lowest BCUT2D eigenvalue weighted by Crippen LogP contribution is -2.18. The summed E-state index contributed by atoms with van der Waals surface area (Å²) in [7, 11) is 0. The van der Waals surface area contributed by atoms with E-state index in [9.17, 15) is 4.79 Å². The lowest BCUT2D eigenvalue weighted by molar-refractivity contribution is 0.102. The molecule has 0 saturated carbocycles. The molecule has 3 aromatic carbocycles. The zero-order valence-corrected chi connectivity index (χ0v) is 17.7. The molecule has 0 fully saturated rings. The van der Waals surface area contributed by atoms with Gasteiger partial charge in [-0.25, -0.2) is 4.52 Å². The molecule has 0 atom stereocenters. The van der Waals surface area contributed by atoms with Crippen LogP contribution in [-0.4, -0.2) is 32.3 Å². The van der Waals surface area contributed by atoms with E-state index in [1.807, 2.05) is 50.2 Å². The van der Waals surface area contributed by atoms with E-state index in [1.54, 1.807) is 22.8 Å². The summed E-state index contributed by atoms with van der Waals surface area (Å²) in [4.78, 5) is 12.9. The lowest BCUT2D eigenvalue weighted by Gasteiger charge is -2.09. The number of fused-ring (bicyclic) bond motifs is 2. The quantitative estimate of drug-likeness (QED) is 0.435. The fourth-order valence-electron chi connectivity index (χ4n) is 3.81. The zero-order chi connectivity index (χ0) is 22.1. The Morgan fingerprint density at radius 2 is 1.75 bits per heavy atom. The van der Waals surface area contributed by atoms with Crippen LogP contribution in [0.3, 0.4) is 0 Å². The molecule has 0 unspecified atom stereocenters. The van der Waals surface area contributed by atoms with Gasteiger partial charge in [-0.3, -0.25) is 4.79 Å². The lowest BCUT2D eigenvalue weighted by atomic mass is 10.0. The highest BCUT2D eigenvalue weighted by molar-refractivity contribution is 6.04. The number of hydrogen-bond donors (Lipinski definition) is 1. The van der Waals surface area contributed by atoms with Crippen molar-refractivity contribution < 1.29 is 9.53 Å². The normalized spacial score (nSPS) is 11.1. The fraction of sp³-hybridized carbons (Fsp3) is 0.120. The molecule has 2 aromatic heterocycles. The van der Waals surface area contributed by atoms with Gasteiger partial charge < -0.3 is 10.1 Å². The predicted octanol–water partition coefficient (Wildman–Crippen LogP) is 4.90. The largest absolute Gasteiger partial charge is 0.494 e. The fourth-order valence-corrected chi connectivity index (χ4v) is 3.81. The van der Waals surface area contributed by atoms with Crippen LogP contribution in [0.1, 0.15) is 23.1 Å². The molecule has 5 aromatic rings. The van der Waals surface area contributed by atoms with Crippen molar-refractivity contribution in [3.8, 4) is 16.9 Å². The average Bonchev–Trinajstić information content (AvgIpc) is 3.25. The molecule has 2 heterocycles. The number of aromatic nitrogens is 4. The van der Waals surface area contributed by atoms with Gasteiger partial charge in [-0.2, -0.15) is 5.10 Å². The van der Waals surface area contributed by atoms with Gasteiger partial charge >= 0.3 is 0 Å². The number of carbonyl (C=O) groups is 1. The van der Waals surface area contributed by atoms with Gasteiger partial charge in [0.15, 0.2) is 11.3 Å². The minimum atomic E-state index is -0.344. The van der Waals surface area contributed by atoms with Crippen molar-refractivity contribution in [2.24, 2.45) is 0 Å². The maximum atomic E-state index is 12.9. The highest BCUT2D eigenvalue weighted by atomic mass is 16.5. The molecule has 158 valence electrons. The van der Waals surface area contributed by atoms with Crippen LogP contribution in [0.2, 0.25) is 0 Å². The van der Waals surface area contributed by atoms with Crippen LogP contribution in [0.15, 0.2) is 72.9 Å². The number of benzene rings is 3. The van der Waals surface area contributed by atoms with Crippen LogP contribution in [-0.2, 0) is 0 Å². The first-order valence-corrected chi connectivity index (χ1v) is 10.4. The molecule has 1 N–H and O–H groups in total. The topological polar surface area (TPSA) is 81.4 Å². The molecular weight excluding hydrogens is 402 g/mol. The number of nitrogens with one attached hydrogen (secondary N) is 1. The predicted molar refractivity (Wildman–Crippen MR) is 124 cm³/mol. The van der Waals surface area contributed by atoms with E-state index >= 15 is 0 Å². The van der Waals surface area contributed by atoms with Crippen LogP contribution < -0.4 is 10.1 Å². The van der Waals surface area contributed by atoms with Crippen molar-refractivity contribution in [2.75, 3.05) is 11.9 Å². The minimum absolute atomic E-state index is 0.221. The van der Waals surface area contributed by atoms with Crippen LogP contribution in [0, 0.1) is 6.92 Å². The molecule has 32 heavy (non-hydrogen) atoms. The maximum Gasteiger partial charge on any atom is 0.278 e. The summed E-state index contributed by atoms with van der Waals surface area (Å²) in [6.45, 7) is 4.33. The van der Waals surface area contributed by atoms with Crippen molar-refractivity contribution in [1.82, 2.24) is 19.8 Å². The van der Waals surface area contributed by atoms with Crippen LogP contribution in [0.4, 0.5) is 5.69 Å². The molecule has 0 radical (unpaired) electrons. The Balaban J connectivity index is 1.49. The number of rotatable bonds is 5.